The first-order valence-electron chi connectivity index (χ1n) is 9.70. The molecule has 1 atom stereocenters. The predicted octanol–water partition coefficient (Wildman–Crippen LogP) is 3.53. The number of hydrogen-bond donors (Lipinski definition) is 2. The molecule has 0 saturated carbocycles. The van der Waals surface area contributed by atoms with E-state index in [0.717, 1.165) is 55.7 Å². The molecule has 2 aliphatic rings. The Morgan fingerprint density at radius 1 is 1.07 bits per heavy atom. The van der Waals surface area contributed by atoms with Gasteiger partial charge in [0.15, 0.2) is 0 Å². The van der Waals surface area contributed by atoms with Crippen molar-refractivity contribution in [3.63, 3.8) is 0 Å². The third-order valence-electron chi connectivity index (χ3n) is 5.78. The van der Waals surface area contributed by atoms with Gasteiger partial charge in [0.05, 0.1) is 6.10 Å². The summed E-state index contributed by atoms with van der Waals surface area (Å²) in [5, 5.41) is 13.1. The Kier molecular flexibility index (Phi) is 5.12. The third-order valence-corrected chi connectivity index (χ3v) is 5.78. The van der Waals surface area contributed by atoms with Gasteiger partial charge in [-0.3, -0.25) is 4.79 Å². The van der Waals surface area contributed by atoms with Gasteiger partial charge in [0, 0.05) is 36.8 Å². The zero-order valence-electron chi connectivity index (χ0n) is 15.3. The van der Waals surface area contributed by atoms with Gasteiger partial charge in [-0.2, -0.15) is 0 Å². The fourth-order valence-corrected chi connectivity index (χ4v) is 4.17. The molecule has 5 heteroatoms. The van der Waals surface area contributed by atoms with E-state index in [0.29, 0.717) is 6.42 Å². The number of aliphatic hydroxyl groups excluding tert-OH is 1. The average Bonchev–Trinajstić information content (AvgIpc) is 2.69. The molecule has 2 aromatic rings. The summed E-state index contributed by atoms with van der Waals surface area (Å²) in [6.07, 6.45) is 3.48. The number of halogens is 1. The van der Waals surface area contributed by atoms with Gasteiger partial charge in [0.2, 0.25) is 5.91 Å². The second-order valence-electron chi connectivity index (χ2n) is 7.57. The number of hydrogen-bond acceptors (Lipinski definition) is 3. The van der Waals surface area contributed by atoms with E-state index in [4.69, 9.17) is 0 Å². The molecular formula is C22H25FN2O2. The standard InChI is InChI=1S/C22H25FN2O2/c23-17-5-7-18(8-6-17)25-12-10-16(11-13-25)22(27)24-21-3-1-2-15-4-9-19(26)14-20(15)21/h1-3,5-8,16,19,26H,4,9-14H2,(H,24,27)/t19-/m1/s1. The van der Waals surface area contributed by atoms with E-state index < -0.39 is 0 Å². The third kappa shape index (κ3) is 3.98. The molecule has 1 heterocycles. The van der Waals surface area contributed by atoms with Gasteiger partial charge in [-0.05, 0) is 67.1 Å². The van der Waals surface area contributed by atoms with E-state index in [1.54, 1.807) is 12.1 Å². The number of rotatable bonds is 3. The van der Waals surface area contributed by atoms with Gasteiger partial charge in [-0.1, -0.05) is 12.1 Å². The van der Waals surface area contributed by atoms with Crippen molar-refractivity contribution in [1.29, 1.82) is 0 Å². The van der Waals surface area contributed by atoms with Crippen LogP contribution in [-0.4, -0.2) is 30.2 Å². The molecule has 0 radical (unpaired) electrons. The molecule has 2 aromatic carbocycles. The molecule has 1 saturated heterocycles. The number of aliphatic hydroxyl groups is 1. The zero-order valence-corrected chi connectivity index (χ0v) is 15.3. The van der Waals surface area contributed by atoms with Crippen molar-refractivity contribution in [2.45, 2.75) is 38.2 Å². The molecular weight excluding hydrogens is 343 g/mol. The molecule has 0 bridgehead atoms. The summed E-state index contributed by atoms with van der Waals surface area (Å²) in [7, 11) is 0. The van der Waals surface area contributed by atoms with Gasteiger partial charge in [0.25, 0.3) is 0 Å². The topological polar surface area (TPSA) is 52.6 Å². The largest absolute Gasteiger partial charge is 0.393 e. The van der Waals surface area contributed by atoms with Gasteiger partial charge < -0.3 is 15.3 Å². The lowest BCUT2D eigenvalue weighted by Crippen LogP contribution is -2.38. The van der Waals surface area contributed by atoms with Crippen molar-refractivity contribution in [2.24, 2.45) is 5.92 Å². The van der Waals surface area contributed by atoms with E-state index in [1.807, 2.05) is 12.1 Å². The molecule has 1 aliphatic heterocycles. The Labute approximate surface area is 159 Å². The quantitative estimate of drug-likeness (QED) is 0.871. The average molecular weight is 368 g/mol. The van der Waals surface area contributed by atoms with Crippen LogP contribution in [-0.2, 0) is 17.6 Å². The van der Waals surface area contributed by atoms with E-state index >= 15 is 0 Å². The predicted molar refractivity (Wildman–Crippen MR) is 104 cm³/mol. The van der Waals surface area contributed by atoms with Crippen molar-refractivity contribution in [3.8, 4) is 0 Å². The maximum Gasteiger partial charge on any atom is 0.227 e. The molecule has 142 valence electrons. The summed E-state index contributed by atoms with van der Waals surface area (Å²) in [5.74, 6) is -0.197. The van der Waals surface area contributed by atoms with E-state index in [9.17, 15) is 14.3 Å². The summed E-state index contributed by atoms with van der Waals surface area (Å²) in [5.41, 5.74) is 4.15. The second kappa shape index (κ2) is 7.69. The van der Waals surface area contributed by atoms with Gasteiger partial charge in [-0.15, -0.1) is 0 Å². The minimum Gasteiger partial charge on any atom is -0.393 e. The minimum absolute atomic E-state index is 0.0222. The van der Waals surface area contributed by atoms with Crippen molar-refractivity contribution in [1.82, 2.24) is 0 Å². The second-order valence-corrected chi connectivity index (χ2v) is 7.57. The lowest BCUT2D eigenvalue weighted by Gasteiger charge is -2.33. The highest BCUT2D eigenvalue weighted by molar-refractivity contribution is 5.93. The van der Waals surface area contributed by atoms with Crippen molar-refractivity contribution >= 4 is 17.3 Å². The molecule has 0 unspecified atom stereocenters. The van der Waals surface area contributed by atoms with Crippen molar-refractivity contribution in [3.05, 3.63) is 59.4 Å². The number of fused-ring (bicyclic) bond motifs is 1. The lowest BCUT2D eigenvalue weighted by molar-refractivity contribution is -0.120. The molecule has 0 spiro atoms. The Morgan fingerprint density at radius 2 is 1.81 bits per heavy atom. The van der Waals surface area contributed by atoms with Crippen LogP contribution in [0.5, 0.6) is 0 Å². The molecule has 1 amide bonds. The Hall–Kier alpha value is -2.40. The summed E-state index contributed by atoms with van der Waals surface area (Å²) in [4.78, 5) is 15.0. The highest BCUT2D eigenvalue weighted by Crippen LogP contribution is 2.30. The van der Waals surface area contributed by atoms with Crippen LogP contribution in [0, 0.1) is 11.7 Å². The number of benzene rings is 2. The Morgan fingerprint density at radius 3 is 2.56 bits per heavy atom. The van der Waals surface area contributed by atoms with Crippen LogP contribution >= 0.6 is 0 Å². The smallest absolute Gasteiger partial charge is 0.227 e. The van der Waals surface area contributed by atoms with E-state index in [2.05, 4.69) is 16.3 Å². The summed E-state index contributed by atoms with van der Waals surface area (Å²) >= 11 is 0. The first-order chi connectivity index (χ1) is 13.1. The monoisotopic (exact) mass is 368 g/mol. The summed E-state index contributed by atoms with van der Waals surface area (Å²) < 4.78 is 13.1. The van der Waals surface area contributed by atoms with Crippen LogP contribution in [0.1, 0.15) is 30.4 Å². The Bertz CT molecular complexity index is 814. The minimum atomic E-state index is -0.325. The molecule has 4 nitrogen and oxygen atoms in total. The van der Waals surface area contributed by atoms with Crippen LogP contribution in [0.3, 0.4) is 0 Å². The number of carbonyl (C=O) groups excluding carboxylic acids is 1. The van der Waals surface area contributed by atoms with Crippen LogP contribution < -0.4 is 10.2 Å². The number of amides is 1. The Balaban J connectivity index is 1.38. The summed E-state index contributed by atoms with van der Waals surface area (Å²) in [6, 6.07) is 12.5. The van der Waals surface area contributed by atoms with Crippen LogP contribution in [0.4, 0.5) is 15.8 Å². The van der Waals surface area contributed by atoms with Crippen LogP contribution in [0.2, 0.25) is 0 Å². The number of nitrogens with zero attached hydrogens (tertiary/aromatic N) is 1. The van der Waals surface area contributed by atoms with Crippen LogP contribution in [0.15, 0.2) is 42.5 Å². The van der Waals surface area contributed by atoms with E-state index in [-0.39, 0.29) is 23.7 Å². The van der Waals surface area contributed by atoms with E-state index in [1.165, 1.54) is 17.7 Å². The molecule has 1 aliphatic carbocycles. The van der Waals surface area contributed by atoms with Crippen molar-refractivity contribution < 1.29 is 14.3 Å². The molecule has 2 N–H and O–H groups in total. The SMILES string of the molecule is O=C(Nc1cccc2c1C[C@H](O)CC2)C1CCN(c2ccc(F)cc2)CC1. The number of anilines is 2. The first-order valence-corrected chi connectivity index (χ1v) is 9.70. The highest BCUT2D eigenvalue weighted by Gasteiger charge is 2.27. The number of aryl methyl sites for hydroxylation is 1. The van der Waals surface area contributed by atoms with Crippen molar-refractivity contribution in [2.75, 3.05) is 23.3 Å². The lowest BCUT2D eigenvalue weighted by atomic mass is 9.88. The van der Waals surface area contributed by atoms with Gasteiger partial charge in [0.1, 0.15) is 5.82 Å². The van der Waals surface area contributed by atoms with Gasteiger partial charge >= 0.3 is 0 Å². The normalized spacial score (nSPS) is 20.2. The number of nitrogens with one attached hydrogen (secondary N) is 1. The number of piperidine rings is 1. The molecule has 0 aromatic heterocycles. The van der Waals surface area contributed by atoms with Gasteiger partial charge in [-0.25, -0.2) is 4.39 Å². The highest BCUT2D eigenvalue weighted by atomic mass is 19.1. The summed E-state index contributed by atoms with van der Waals surface area (Å²) in [6.45, 7) is 1.57. The fraction of sp³-hybridized carbons (Fsp3) is 0.409. The van der Waals surface area contributed by atoms with Crippen LogP contribution in [0.25, 0.3) is 0 Å². The maximum absolute atomic E-state index is 13.1. The fourth-order valence-electron chi connectivity index (χ4n) is 4.17. The first kappa shape index (κ1) is 18.0. The molecule has 1 fully saturated rings. The molecule has 27 heavy (non-hydrogen) atoms. The number of carbonyl (C=O) groups is 1. The molecule has 4 rings (SSSR count). The maximum atomic E-state index is 13.1. The zero-order chi connectivity index (χ0) is 18.8.